The molecule has 0 spiro atoms. The Morgan fingerprint density at radius 3 is 2.64 bits per heavy atom. The van der Waals surface area contributed by atoms with Crippen molar-refractivity contribution >= 4 is 6.03 Å². The summed E-state index contributed by atoms with van der Waals surface area (Å²) in [6, 6.07) is 10.9. The number of fused-ring (bicyclic) bond motifs is 2. The van der Waals surface area contributed by atoms with E-state index in [9.17, 15) is 4.79 Å². The van der Waals surface area contributed by atoms with Gasteiger partial charge in [-0.1, -0.05) is 30.3 Å². The van der Waals surface area contributed by atoms with Gasteiger partial charge in [-0.2, -0.15) is 0 Å². The van der Waals surface area contributed by atoms with Crippen molar-refractivity contribution in [3.8, 4) is 0 Å². The molecular weight excluding hydrogens is 276 g/mol. The molecule has 0 unspecified atom stereocenters. The summed E-state index contributed by atoms with van der Waals surface area (Å²) in [6.07, 6.45) is 7.22. The monoisotopic (exact) mass is 300 g/mol. The molecule has 4 heteroatoms. The number of carbonyl (C=O) groups excluding carboxylic acids is 1. The summed E-state index contributed by atoms with van der Waals surface area (Å²) < 4.78 is 5.80. The predicted octanol–water partition coefficient (Wildman–Crippen LogP) is 2.63. The summed E-state index contributed by atoms with van der Waals surface area (Å²) in [5.74, 6) is 0.641. The van der Waals surface area contributed by atoms with Gasteiger partial charge in [-0.15, -0.1) is 0 Å². The standard InChI is InChI=1S/C18H24N2O2/c21-18(20-16-11-14-8-9-17(16)22-14)19-15(13-6-7-13)10-12-4-2-1-3-5-12/h1-5,13-17H,6-11H2,(H2,19,20,21)/t14-,15+,16+,17-/m1/s1. The Balaban J connectivity index is 1.32. The van der Waals surface area contributed by atoms with Gasteiger partial charge in [-0.3, -0.25) is 0 Å². The van der Waals surface area contributed by atoms with E-state index in [1.165, 1.54) is 18.4 Å². The van der Waals surface area contributed by atoms with E-state index in [4.69, 9.17) is 4.74 Å². The second kappa shape index (κ2) is 5.92. The van der Waals surface area contributed by atoms with Crippen molar-refractivity contribution in [1.82, 2.24) is 10.6 Å². The minimum atomic E-state index is -0.0195. The van der Waals surface area contributed by atoms with Crippen LogP contribution in [0.1, 0.15) is 37.7 Å². The van der Waals surface area contributed by atoms with E-state index in [0.29, 0.717) is 12.0 Å². The molecule has 3 aliphatic rings. The van der Waals surface area contributed by atoms with Crippen LogP contribution >= 0.6 is 0 Å². The summed E-state index contributed by atoms with van der Waals surface area (Å²) in [5.41, 5.74) is 1.29. The Hall–Kier alpha value is -1.55. The van der Waals surface area contributed by atoms with Crippen molar-refractivity contribution < 1.29 is 9.53 Å². The van der Waals surface area contributed by atoms with Gasteiger partial charge < -0.3 is 15.4 Å². The van der Waals surface area contributed by atoms with Gasteiger partial charge >= 0.3 is 6.03 Å². The van der Waals surface area contributed by atoms with Crippen LogP contribution in [0, 0.1) is 5.92 Å². The van der Waals surface area contributed by atoms with Crippen molar-refractivity contribution in [2.75, 3.05) is 0 Å². The number of ether oxygens (including phenoxy) is 1. The number of hydrogen-bond donors (Lipinski definition) is 2. The lowest BCUT2D eigenvalue weighted by Crippen LogP contribution is -2.50. The van der Waals surface area contributed by atoms with Gasteiger partial charge in [0.25, 0.3) is 0 Å². The molecular formula is C18H24N2O2. The lowest BCUT2D eigenvalue weighted by molar-refractivity contribution is 0.0980. The molecule has 118 valence electrons. The average molecular weight is 300 g/mol. The minimum absolute atomic E-state index is 0.0195. The van der Waals surface area contributed by atoms with Gasteiger partial charge in [-0.25, -0.2) is 4.79 Å². The first-order chi connectivity index (χ1) is 10.8. The van der Waals surface area contributed by atoms with Crippen molar-refractivity contribution in [1.29, 1.82) is 0 Å². The maximum Gasteiger partial charge on any atom is 0.315 e. The summed E-state index contributed by atoms with van der Waals surface area (Å²) in [5, 5.41) is 6.34. The highest BCUT2D eigenvalue weighted by Gasteiger charge is 2.42. The molecule has 2 aliphatic heterocycles. The Morgan fingerprint density at radius 1 is 1.18 bits per heavy atom. The molecule has 4 atom stereocenters. The third kappa shape index (κ3) is 3.12. The van der Waals surface area contributed by atoms with Crippen LogP contribution in [0.25, 0.3) is 0 Å². The highest BCUT2D eigenvalue weighted by molar-refractivity contribution is 5.74. The molecule has 0 aromatic heterocycles. The third-order valence-corrected chi connectivity index (χ3v) is 5.23. The molecule has 1 aromatic carbocycles. The maximum atomic E-state index is 12.3. The number of urea groups is 1. The van der Waals surface area contributed by atoms with Crippen molar-refractivity contribution in [2.24, 2.45) is 5.92 Å². The van der Waals surface area contributed by atoms with Gasteiger partial charge in [0.2, 0.25) is 0 Å². The van der Waals surface area contributed by atoms with E-state index in [2.05, 4.69) is 34.9 Å². The highest BCUT2D eigenvalue weighted by atomic mass is 16.5. The first kappa shape index (κ1) is 14.1. The topological polar surface area (TPSA) is 50.4 Å². The van der Waals surface area contributed by atoms with Gasteiger partial charge in [0.05, 0.1) is 18.2 Å². The van der Waals surface area contributed by atoms with Crippen LogP contribution in [0.3, 0.4) is 0 Å². The Kier molecular flexibility index (Phi) is 3.78. The third-order valence-electron chi connectivity index (χ3n) is 5.23. The number of rotatable bonds is 5. The fourth-order valence-corrected chi connectivity index (χ4v) is 3.87. The number of benzene rings is 1. The molecule has 0 radical (unpaired) electrons. The molecule has 2 heterocycles. The van der Waals surface area contributed by atoms with Crippen LogP contribution in [-0.4, -0.2) is 30.3 Å². The number of hydrogen-bond acceptors (Lipinski definition) is 2. The zero-order valence-corrected chi connectivity index (χ0v) is 12.8. The van der Waals surface area contributed by atoms with E-state index in [0.717, 1.165) is 25.7 Å². The second-order valence-corrected chi connectivity index (χ2v) is 6.97. The number of carbonyl (C=O) groups is 1. The quantitative estimate of drug-likeness (QED) is 0.878. The van der Waals surface area contributed by atoms with Crippen molar-refractivity contribution in [3.63, 3.8) is 0 Å². The van der Waals surface area contributed by atoms with E-state index in [1.807, 2.05) is 6.07 Å². The summed E-state index contributed by atoms with van der Waals surface area (Å²) in [4.78, 5) is 12.3. The van der Waals surface area contributed by atoms with Gasteiger partial charge in [0.1, 0.15) is 0 Å². The van der Waals surface area contributed by atoms with Crippen molar-refractivity contribution in [2.45, 2.75) is 62.8 Å². The molecule has 2 amide bonds. The SMILES string of the molecule is O=C(N[C@@H](Cc1ccccc1)C1CC1)N[C@H]1C[C@H]2CC[C@H]1O2. The van der Waals surface area contributed by atoms with Crippen LogP contribution in [0.2, 0.25) is 0 Å². The fourth-order valence-electron chi connectivity index (χ4n) is 3.87. The van der Waals surface area contributed by atoms with E-state index in [-0.39, 0.29) is 24.2 Å². The van der Waals surface area contributed by atoms with E-state index < -0.39 is 0 Å². The van der Waals surface area contributed by atoms with Crippen molar-refractivity contribution in [3.05, 3.63) is 35.9 Å². The maximum absolute atomic E-state index is 12.3. The molecule has 2 saturated heterocycles. The average Bonchev–Trinajstić information content (AvgIpc) is 3.17. The zero-order chi connectivity index (χ0) is 14.9. The normalized spacial score (nSPS) is 31.0. The number of amides is 2. The molecule has 22 heavy (non-hydrogen) atoms. The Bertz CT molecular complexity index is 529. The molecule has 4 rings (SSSR count). The molecule has 1 saturated carbocycles. The van der Waals surface area contributed by atoms with Crippen LogP contribution in [-0.2, 0) is 11.2 Å². The fraction of sp³-hybridized carbons (Fsp3) is 0.611. The predicted molar refractivity (Wildman–Crippen MR) is 84.6 cm³/mol. The van der Waals surface area contributed by atoms with Gasteiger partial charge in [0.15, 0.2) is 0 Å². The molecule has 1 aromatic rings. The Morgan fingerprint density at radius 2 is 2.00 bits per heavy atom. The van der Waals surface area contributed by atoms with E-state index in [1.54, 1.807) is 0 Å². The largest absolute Gasteiger partial charge is 0.373 e. The molecule has 1 aliphatic carbocycles. The van der Waals surface area contributed by atoms with E-state index >= 15 is 0 Å². The lowest BCUT2D eigenvalue weighted by atomic mass is 9.95. The van der Waals surface area contributed by atoms with Gasteiger partial charge in [-0.05, 0) is 50.0 Å². The van der Waals surface area contributed by atoms with Crippen LogP contribution in [0.4, 0.5) is 4.79 Å². The number of nitrogens with one attached hydrogen (secondary N) is 2. The minimum Gasteiger partial charge on any atom is -0.373 e. The van der Waals surface area contributed by atoms with Gasteiger partial charge in [0, 0.05) is 6.04 Å². The lowest BCUT2D eigenvalue weighted by Gasteiger charge is -2.23. The highest BCUT2D eigenvalue weighted by Crippen LogP contribution is 2.35. The summed E-state index contributed by atoms with van der Waals surface area (Å²) in [7, 11) is 0. The molecule has 4 nitrogen and oxygen atoms in total. The molecule has 2 N–H and O–H groups in total. The van der Waals surface area contributed by atoms with Crippen LogP contribution in [0.15, 0.2) is 30.3 Å². The zero-order valence-electron chi connectivity index (χ0n) is 12.8. The second-order valence-electron chi connectivity index (χ2n) is 6.97. The first-order valence-electron chi connectivity index (χ1n) is 8.54. The summed E-state index contributed by atoms with van der Waals surface area (Å²) in [6.45, 7) is 0. The molecule has 2 bridgehead atoms. The van der Waals surface area contributed by atoms with Crippen LogP contribution in [0.5, 0.6) is 0 Å². The smallest absolute Gasteiger partial charge is 0.315 e. The Labute approximate surface area is 131 Å². The first-order valence-corrected chi connectivity index (χ1v) is 8.54. The van der Waals surface area contributed by atoms with Crippen LogP contribution < -0.4 is 10.6 Å². The molecule has 3 fully saturated rings. The summed E-state index contributed by atoms with van der Waals surface area (Å²) >= 11 is 0.